The highest BCUT2D eigenvalue weighted by Crippen LogP contribution is 2.06. The average molecular weight is 349 g/mol. The maximum absolute atomic E-state index is 12.0. The monoisotopic (exact) mass is 349 g/mol. The van der Waals surface area contributed by atoms with Crippen LogP contribution in [0.5, 0.6) is 0 Å². The highest BCUT2D eigenvalue weighted by Gasteiger charge is 2.08. The van der Waals surface area contributed by atoms with Crippen molar-refractivity contribution in [3.63, 3.8) is 0 Å². The van der Waals surface area contributed by atoms with Crippen LogP contribution < -0.4 is 10.6 Å². The van der Waals surface area contributed by atoms with Gasteiger partial charge >= 0.3 is 5.97 Å². The molecule has 26 heavy (non-hydrogen) atoms. The molecule has 2 N–H and O–H groups in total. The van der Waals surface area contributed by atoms with Crippen molar-refractivity contribution in [3.05, 3.63) is 83.1 Å². The zero-order chi connectivity index (χ0) is 18.8. The number of rotatable bonds is 7. The van der Waals surface area contributed by atoms with Crippen molar-refractivity contribution in [2.75, 3.05) is 7.11 Å². The molecule has 6 nitrogen and oxygen atoms in total. The fraction of sp³-hybridized carbons (Fsp3) is 0.150. The van der Waals surface area contributed by atoms with Crippen LogP contribution in [0.4, 0.5) is 0 Å². The number of nitrogens with zero attached hydrogens (tertiary/aromatic N) is 1. The molecule has 2 rings (SSSR count). The fourth-order valence-corrected chi connectivity index (χ4v) is 2.17. The van der Waals surface area contributed by atoms with E-state index in [0.717, 1.165) is 11.1 Å². The van der Waals surface area contributed by atoms with Gasteiger partial charge in [0.25, 0.3) is 5.91 Å². The van der Waals surface area contributed by atoms with Gasteiger partial charge in [-0.25, -0.2) is 4.79 Å². The standard InChI is InChI=1S/C20H19N3O3/c1-26-20(25)17-9-7-16(8-10-17)12-22-14-18(11-21)19(24)23-13-15-5-3-2-4-6-15/h2-10,14,22H,12-13H2,1H3,(H,23,24)/b18-14-. The molecule has 0 aromatic heterocycles. The maximum atomic E-state index is 12.0. The van der Waals surface area contributed by atoms with Crippen molar-refractivity contribution in [3.8, 4) is 6.07 Å². The second-order valence-corrected chi connectivity index (χ2v) is 5.41. The van der Waals surface area contributed by atoms with Crippen molar-refractivity contribution < 1.29 is 14.3 Å². The van der Waals surface area contributed by atoms with Crippen LogP contribution in [0.25, 0.3) is 0 Å². The lowest BCUT2D eigenvalue weighted by Gasteiger charge is -2.06. The van der Waals surface area contributed by atoms with Gasteiger partial charge in [-0.1, -0.05) is 42.5 Å². The summed E-state index contributed by atoms with van der Waals surface area (Å²) in [6, 6.07) is 18.2. The molecule has 0 atom stereocenters. The Hall–Kier alpha value is -3.59. The van der Waals surface area contributed by atoms with Crippen LogP contribution >= 0.6 is 0 Å². The summed E-state index contributed by atoms with van der Waals surface area (Å²) in [4.78, 5) is 23.4. The van der Waals surface area contributed by atoms with E-state index in [1.54, 1.807) is 24.3 Å². The number of amides is 1. The number of carbonyl (C=O) groups is 2. The van der Waals surface area contributed by atoms with E-state index in [1.807, 2.05) is 36.4 Å². The molecule has 0 fully saturated rings. The molecule has 6 heteroatoms. The molecular weight excluding hydrogens is 330 g/mol. The van der Waals surface area contributed by atoms with Crippen LogP contribution in [0.3, 0.4) is 0 Å². The Morgan fingerprint density at radius 1 is 1.04 bits per heavy atom. The van der Waals surface area contributed by atoms with Crippen molar-refractivity contribution in [2.24, 2.45) is 0 Å². The molecular formula is C20H19N3O3. The van der Waals surface area contributed by atoms with Gasteiger partial charge < -0.3 is 15.4 Å². The summed E-state index contributed by atoms with van der Waals surface area (Å²) in [5, 5.41) is 14.8. The number of esters is 1. The first-order valence-corrected chi connectivity index (χ1v) is 7.97. The Labute approximate surface area is 152 Å². The molecule has 0 aliphatic carbocycles. The average Bonchev–Trinajstić information content (AvgIpc) is 2.70. The molecule has 132 valence electrons. The Morgan fingerprint density at radius 2 is 1.69 bits per heavy atom. The summed E-state index contributed by atoms with van der Waals surface area (Å²) in [6.45, 7) is 0.770. The van der Waals surface area contributed by atoms with E-state index in [2.05, 4.69) is 15.4 Å². The summed E-state index contributed by atoms with van der Waals surface area (Å²) < 4.78 is 4.64. The van der Waals surface area contributed by atoms with Crippen LogP contribution in [-0.4, -0.2) is 19.0 Å². The minimum atomic E-state index is -0.440. The molecule has 0 radical (unpaired) electrons. The van der Waals surface area contributed by atoms with Gasteiger partial charge in [0.2, 0.25) is 0 Å². The Kier molecular flexibility index (Phi) is 6.95. The van der Waals surface area contributed by atoms with Crippen LogP contribution in [0.15, 0.2) is 66.4 Å². The molecule has 2 aromatic rings. The van der Waals surface area contributed by atoms with Gasteiger partial charge in [0.1, 0.15) is 11.6 Å². The number of nitrogens with one attached hydrogen (secondary N) is 2. The first kappa shape index (κ1) is 18.7. The van der Waals surface area contributed by atoms with E-state index in [4.69, 9.17) is 5.26 Å². The van der Waals surface area contributed by atoms with Gasteiger partial charge in [0, 0.05) is 19.3 Å². The molecule has 0 aliphatic rings. The molecule has 0 heterocycles. The van der Waals surface area contributed by atoms with Crippen LogP contribution in [0.1, 0.15) is 21.5 Å². The number of benzene rings is 2. The largest absolute Gasteiger partial charge is 0.465 e. The third kappa shape index (κ3) is 5.49. The highest BCUT2D eigenvalue weighted by molar-refractivity contribution is 5.97. The van der Waals surface area contributed by atoms with E-state index in [0.29, 0.717) is 18.7 Å². The summed E-state index contributed by atoms with van der Waals surface area (Å²) in [5.74, 6) is -0.837. The zero-order valence-corrected chi connectivity index (χ0v) is 14.4. The number of carbonyl (C=O) groups excluding carboxylic acids is 2. The second-order valence-electron chi connectivity index (χ2n) is 5.41. The van der Waals surface area contributed by atoms with Gasteiger partial charge in [0.05, 0.1) is 12.7 Å². The lowest BCUT2D eigenvalue weighted by molar-refractivity contribution is -0.117. The van der Waals surface area contributed by atoms with Gasteiger partial charge in [-0.05, 0) is 23.3 Å². The summed E-state index contributed by atoms with van der Waals surface area (Å²) in [6.07, 6.45) is 1.38. The first-order valence-electron chi connectivity index (χ1n) is 7.97. The summed E-state index contributed by atoms with van der Waals surface area (Å²) in [5.41, 5.74) is 2.31. The quantitative estimate of drug-likeness (QED) is 0.455. The van der Waals surface area contributed by atoms with Crippen molar-refractivity contribution in [1.29, 1.82) is 5.26 Å². The smallest absolute Gasteiger partial charge is 0.337 e. The molecule has 0 saturated heterocycles. The van der Waals surface area contributed by atoms with Crippen LogP contribution in [-0.2, 0) is 22.6 Å². The molecule has 0 unspecified atom stereocenters. The topological polar surface area (TPSA) is 91.2 Å². The van der Waals surface area contributed by atoms with Gasteiger partial charge in [0.15, 0.2) is 0 Å². The van der Waals surface area contributed by atoms with E-state index in [-0.39, 0.29) is 5.57 Å². The van der Waals surface area contributed by atoms with Crippen molar-refractivity contribution in [1.82, 2.24) is 10.6 Å². The Balaban J connectivity index is 1.87. The molecule has 0 bridgehead atoms. The van der Waals surface area contributed by atoms with Gasteiger partial charge in [-0.3, -0.25) is 4.79 Å². The molecule has 1 amide bonds. The third-order valence-corrected chi connectivity index (χ3v) is 3.59. The van der Waals surface area contributed by atoms with Gasteiger partial charge in [-0.2, -0.15) is 5.26 Å². The minimum absolute atomic E-state index is 0.00730. The van der Waals surface area contributed by atoms with Crippen LogP contribution in [0, 0.1) is 11.3 Å². The lowest BCUT2D eigenvalue weighted by Crippen LogP contribution is -2.25. The Morgan fingerprint density at radius 3 is 2.31 bits per heavy atom. The summed E-state index contributed by atoms with van der Waals surface area (Å²) in [7, 11) is 1.33. The SMILES string of the molecule is COC(=O)c1ccc(CN/C=C(/C#N)C(=O)NCc2ccccc2)cc1. The highest BCUT2D eigenvalue weighted by atomic mass is 16.5. The number of hydrogen-bond donors (Lipinski definition) is 2. The third-order valence-electron chi connectivity index (χ3n) is 3.59. The molecule has 0 spiro atoms. The lowest BCUT2D eigenvalue weighted by atomic mass is 10.1. The zero-order valence-electron chi connectivity index (χ0n) is 14.4. The molecule has 0 saturated carbocycles. The number of nitriles is 1. The first-order chi connectivity index (χ1) is 12.6. The Bertz CT molecular complexity index is 822. The van der Waals surface area contributed by atoms with E-state index < -0.39 is 11.9 Å². The van der Waals surface area contributed by atoms with E-state index >= 15 is 0 Å². The minimum Gasteiger partial charge on any atom is -0.465 e. The fourth-order valence-electron chi connectivity index (χ4n) is 2.17. The van der Waals surface area contributed by atoms with Crippen molar-refractivity contribution >= 4 is 11.9 Å². The molecule has 2 aromatic carbocycles. The molecule has 0 aliphatic heterocycles. The normalized spacial score (nSPS) is 10.5. The van der Waals surface area contributed by atoms with E-state index in [9.17, 15) is 9.59 Å². The van der Waals surface area contributed by atoms with Gasteiger partial charge in [-0.15, -0.1) is 0 Å². The maximum Gasteiger partial charge on any atom is 0.337 e. The predicted molar refractivity (Wildman–Crippen MR) is 96.6 cm³/mol. The number of ether oxygens (including phenoxy) is 1. The van der Waals surface area contributed by atoms with Crippen LogP contribution in [0.2, 0.25) is 0 Å². The second kappa shape index (κ2) is 9.64. The van der Waals surface area contributed by atoms with E-state index in [1.165, 1.54) is 13.3 Å². The summed E-state index contributed by atoms with van der Waals surface area (Å²) >= 11 is 0. The number of hydrogen-bond acceptors (Lipinski definition) is 5. The number of methoxy groups -OCH3 is 1. The predicted octanol–water partition coefficient (Wildman–Crippen LogP) is 2.29. The van der Waals surface area contributed by atoms with Crippen molar-refractivity contribution in [2.45, 2.75) is 13.1 Å².